The van der Waals surface area contributed by atoms with Crippen molar-refractivity contribution in [2.45, 2.75) is 51.1 Å². The third-order valence-corrected chi connectivity index (χ3v) is 11.4. The van der Waals surface area contributed by atoms with Crippen LogP contribution in [0.3, 0.4) is 0 Å². The number of piperazine rings is 1. The normalized spacial score (nSPS) is 17.8. The molecule has 3 aliphatic rings. The summed E-state index contributed by atoms with van der Waals surface area (Å²) in [6, 6.07) is 8.41. The summed E-state index contributed by atoms with van der Waals surface area (Å²) in [5, 5.41) is 6.80. The number of aryl methyl sites for hydroxylation is 1. The Morgan fingerprint density at radius 1 is 0.980 bits per heavy atom. The van der Waals surface area contributed by atoms with E-state index in [9.17, 15) is 8.42 Å². The van der Waals surface area contributed by atoms with Gasteiger partial charge in [0, 0.05) is 87.3 Å². The Bertz CT molecular complexity index is 2010. The number of ether oxygens (including phenoxy) is 1. The minimum absolute atomic E-state index is 0.138. The number of benzene rings is 2. The molecule has 0 radical (unpaired) electrons. The summed E-state index contributed by atoms with van der Waals surface area (Å²) in [6.45, 7) is 12.8. The molecule has 13 nitrogen and oxygen atoms in total. The first-order valence-corrected chi connectivity index (χ1v) is 19.7. The van der Waals surface area contributed by atoms with Gasteiger partial charge in [0.2, 0.25) is 16.0 Å². The Morgan fingerprint density at radius 3 is 2.39 bits per heavy atom. The van der Waals surface area contributed by atoms with Crippen molar-refractivity contribution in [2.75, 3.05) is 79.5 Å². The van der Waals surface area contributed by atoms with Crippen LogP contribution in [0.5, 0.6) is 5.75 Å². The molecule has 2 saturated heterocycles. The van der Waals surface area contributed by atoms with Crippen LogP contribution >= 0.6 is 0 Å². The number of hydrogen-bond acceptors (Lipinski definition) is 12. The average Bonchev–Trinajstić information content (AvgIpc) is 3.97. The molecule has 4 aromatic rings. The first-order valence-electron chi connectivity index (χ1n) is 17.8. The van der Waals surface area contributed by atoms with Gasteiger partial charge in [-0.15, -0.1) is 0 Å². The molecule has 1 saturated carbocycles. The second kappa shape index (κ2) is 14.6. The van der Waals surface area contributed by atoms with Crippen molar-refractivity contribution in [3.63, 3.8) is 0 Å². The van der Waals surface area contributed by atoms with E-state index in [1.165, 1.54) is 21.8 Å². The maximum atomic E-state index is 13.1. The van der Waals surface area contributed by atoms with Crippen LogP contribution in [-0.4, -0.2) is 110 Å². The zero-order chi connectivity index (χ0) is 35.7. The zero-order valence-corrected chi connectivity index (χ0v) is 30.8. The Balaban J connectivity index is 1.16. The Morgan fingerprint density at radius 2 is 1.73 bits per heavy atom. The number of nitrogens with one attached hydrogen (secondary N) is 2. The molecule has 1 aliphatic carbocycles. The van der Waals surface area contributed by atoms with Gasteiger partial charge in [-0.3, -0.25) is 19.2 Å². The lowest BCUT2D eigenvalue weighted by Gasteiger charge is -2.43. The van der Waals surface area contributed by atoms with E-state index in [0.29, 0.717) is 51.5 Å². The van der Waals surface area contributed by atoms with Crippen LogP contribution in [0.4, 0.5) is 34.5 Å². The molecule has 0 amide bonds. The second-order valence-corrected chi connectivity index (χ2v) is 15.6. The highest BCUT2D eigenvalue weighted by molar-refractivity contribution is 7.92. The lowest BCUT2D eigenvalue weighted by molar-refractivity contribution is 0.0982. The van der Waals surface area contributed by atoms with E-state index >= 15 is 0 Å². The highest BCUT2D eigenvalue weighted by Gasteiger charge is 2.38. The van der Waals surface area contributed by atoms with E-state index in [4.69, 9.17) is 9.72 Å². The summed E-state index contributed by atoms with van der Waals surface area (Å²) < 4.78 is 33.7. The van der Waals surface area contributed by atoms with E-state index in [-0.39, 0.29) is 6.04 Å². The summed E-state index contributed by atoms with van der Waals surface area (Å²) in [5.41, 5.74) is 5.93. The number of sulfonamides is 1. The zero-order valence-electron chi connectivity index (χ0n) is 30.0. The van der Waals surface area contributed by atoms with Gasteiger partial charge in [0.15, 0.2) is 0 Å². The van der Waals surface area contributed by atoms with E-state index in [2.05, 4.69) is 73.0 Å². The first kappa shape index (κ1) is 34.9. The number of rotatable bonds is 12. The molecule has 270 valence electrons. The number of piperidine rings is 1. The van der Waals surface area contributed by atoms with Crippen LogP contribution in [-0.2, 0) is 16.4 Å². The van der Waals surface area contributed by atoms with Gasteiger partial charge in [-0.25, -0.2) is 13.4 Å². The lowest BCUT2D eigenvalue weighted by atomic mass is 9.99. The van der Waals surface area contributed by atoms with Crippen LogP contribution < -0.4 is 24.6 Å². The van der Waals surface area contributed by atoms with Crippen molar-refractivity contribution in [3.05, 3.63) is 60.6 Å². The first-order chi connectivity index (χ1) is 24.7. The molecular weight excluding hydrogens is 665 g/mol. The van der Waals surface area contributed by atoms with Gasteiger partial charge >= 0.3 is 0 Å². The van der Waals surface area contributed by atoms with Crippen LogP contribution in [0, 0.1) is 0 Å². The maximum absolute atomic E-state index is 13.1. The van der Waals surface area contributed by atoms with Crippen LogP contribution in [0.1, 0.15) is 43.7 Å². The number of anilines is 6. The summed E-state index contributed by atoms with van der Waals surface area (Å²) in [6.07, 6.45) is 12.5. The van der Waals surface area contributed by atoms with Crippen molar-refractivity contribution in [1.29, 1.82) is 0 Å². The molecule has 0 bridgehead atoms. The van der Waals surface area contributed by atoms with Crippen LogP contribution in [0.15, 0.2) is 49.4 Å². The van der Waals surface area contributed by atoms with Crippen molar-refractivity contribution in [2.24, 2.45) is 0 Å². The molecule has 0 unspecified atom stereocenters. The van der Waals surface area contributed by atoms with Gasteiger partial charge in [0.1, 0.15) is 22.8 Å². The van der Waals surface area contributed by atoms with Crippen molar-refractivity contribution in [1.82, 2.24) is 29.7 Å². The molecule has 2 N–H and O–H groups in total. The van der Waals surface area contributed by atoms with Gasteiger partial charge < -0.3 is 25.2 Å². The standard InChI is InChI=1S/C37H48N10O3S/c1-6-25-22-31(33(50-4)23-32(25)46-16-12-27(13-17-46)45-20-18-44(3)19-21-45)42-37-40-24-26(7-2)36(43-37)41-30-11-10-29-34(39-15-14-38-29)35(30)47(28-8-9-28)51(5,48)49/h7,10-11,14-15,22-24,27-28H,2,6,8-9,12-13,16-21H2,1,3-5H3,(H2,40,41,42,43). The second-order valence-electron chi connectivity index (χ2n) is 13.7. The third kappa shape index (κ3) is 7.44. The fraction of sp³-hybridized carbons (Fsp3) is 0.459. The summed E-state index contributed by atoms with van der Waals surface area (Å²) in [4.78, 5) is 26.0. The summed E-state index contributed by atoms with van der Waals surface area (Å²) >= 11 is 0. The molecule has 2 aromatic carbocycles. The number of aromatic nitrogens is 4. The topological polar surface area (TPSA) is 132 Å². The van der Waals surface area contributed by atoms with Gasteiger partial charge in [-0.05, 0) is 62.9 Å². The van der Waals surface area contributed by atoms with E-state index in [1.54, 1.807) is 31.8 Å². The Hall–Kier alpha value is -4.53. The van der Waals surface area contributed by atoms with Crippen LogP contribution in [0.2, 0.25) is 0 Å². The molecule has 51 heavy (non-hydrogen) atoms. The average molecular weight is 713 g/mol. The van der Waals surface area contributed by atoms with Crippen molar-refractivity contribution >= 4 is 61.6 Å². The third-order valence-electron chi connectivity index (χ3n) is 10.2. The molecule has 3 fully saturated rings. The molecule has 14 heteroatoms. The number of likely N-dealkylation sites (N-methyl/N-ethyl adjacent to an activating group) is 1. The smallest absolute Gasteiger partial charge is 0.232 e. The van der Waals surface area contributed by atoms with Gasteiger partial charge in [-0.1, -0.05) is 19.6 Å². The van der Waals surface area contributed by atoms with E-state index < -0.39 is 10.0 Å². The highest BCUT2D eigenvalue weighted by Crippen LogP contribution is 2.43. The maximum Gasteiger partial charge on any atom is 0.232 e. The quantitative estimate of drug-likeness (QED) is 0.199. The number of fused-ring (bicyclic) bond motifs is 1. The molecule has 4 heterocycles. The van der Waals surface area contributed by atoms with Gasteiger partial charge in [-0.2, -0.15) is 4.98 Å². The molecule has 2 aliphatic heterocycles. The predicted octanol–water partition coefficient (Wildman–Crippen LogP) is 5.27. The van der Waals surface area contributed by atoms with Crippen molar-refractivity contribution < 1.29 is 13.2 Å². The Kier molecular flexibility index (Phi) is 9.99. The molecular formula is C37H48N10O3S. The van der Waals surface area contributed by atoms with E-state index in [1.807, 2.05) is 12.1 Å². The highest BCUT2D eigenvalue weighted by atomic mass is 32.2. The molecule has 7 rings (SSSR count). The fourth-order valence-corrected chi connectivity index (χ4v) is 8.61. The minimum Gasteiger partial charge on any atom is -0.494 e. The number of hydrogen-bond donors (Lipinski definition) is 2. The van der Waals surface area contributed by atoms with E-state index in [0.717, 1.165) is 77.1 Å². The largest absolute Gasteiger partial charge is 0.494 e. The lowest BCUT2D eigenvalue weighted by Crippen LogP contribution is -2.52. The number of nitrogens with zero attached hydrogens (tertiary/aromatic N) is 8. The molecule has 0 atom stereocenters. The molecule has 0 spiro atoms. The fourth-order valence-electron chi connectivity index (χ4n) is 7.34. The molecule has 2 aromatic heterocycles. The monoisotopic (exact) mass is 712 g/mol. The summed E-state index contributed by atoms with van der Waals surface area (Å²) in [7, 11) is 0.268. The SMILES string of the molecule is C=Cc1cnc(Nc2cc(CC)c(N3CCC(N4CCN(C)CC4)CC3)cc2OC)nc1Nc1ccc2nccnc2c1N(C1CC1)S(C)(=O)=O. The van der Waals surface area contributed by atoms with Crippen molar-refractivity contribution in [3.8, 4) is 5.75 Å². The van der Waals surface area contributed by atoms with Crippen LogP contribution in [0.25, 0.3) is 17.1 Å². The van der Waals surface area contributed by atoms with Gasteiger partial charge in [0.25, 0.3) is 0 Å². The predicted molar refractivity (Wildman–Crippen MR) is 205 cm³/mol. The Labute approximate surface area is 300 Å². The number of methoxy groups -OCH3 is 1. The summed E-state index contributed by atoms with van der Waals surface area (Å²) in [5.74, 6) is 1.53. The van der Waals surface area contributed by atoms with Gasteiger partial charge in [0.05, 0.1) is 30.3 Å². The minimum atomic E-state index is -3.62.